The van der Waals surface area contributed by atoms with Crippen LogP contribution in [0, 0.1) is 10.1 Å². The second-order valence-corrected chi connectivity index (χ2v) is 6.72. The average Bonchev–Trinajstić information content (AvgIpc) is 2.73. The van der Waals surface area contributed by atoms with Crippen molar-refractivity contribution < 1.29 is 19.2 Å². The molecule has 9 heteroatoms. The molecule has 148 valence electrons. The number of hydrogen-bond acceptors (Lipinski definition) is 6. The van der Waals surface area contributed by atoms with Gasteiger partial charge >= 0.3 is 5.69 Å². The van der Waals surface area contributed by atoms with Gasteiger partial charge in [-0.3, -0.25) is 14.9 Å². The van der Waals surface area contributed by atoms with Crippen molar-refractivity contribution in [3.8, 4) is 11.5 Å². The van der Waals surface area contributed by atoms with E-state index in [1.54, 1.807) is 12.1 Å². The molecule has 3 rings (SSSR count). The van der Waals surface area contributed by atoms with Crippen molar-refractivity contribution >= 4 is 44.5 Å². The molecule has 0 atom stereocenters. The van der Waals surface area contributed by atoms with Gasteiger partial charge in [-0.15, -0.1) is 0 Å². The Morgan fingerprint density at radius 3 is 2.62 bits per heavy atom. The number of amides is 1. The van der Waals surface area contributed by atoms with Gasteiger partial charge in [-0.05, 0) is 29.7 Å². The van der Waals surface area contributed by atoms with Crippen LogP contribution in [0.1, 0.15) is 5.56 Å². The van der Waals surface area contributed by atoms with Gasteiger partial charge in [0.2, 0.25) is 0 Å². The van der Waals surface area contributed by atoms with E-state index in [0.29, 0.717) is 11.3 Å². The Balaban J connectivity index is 1.62. The highest BCUT2D eigenvalue weighted by Gasteiger charge is 2.14. The highest BCUT2D eigenvalue weighted by molar-refractivity contribution is 9.10. The summed E-state index contributed by atoms with van der Waals surface area (Å²) < 4.78 is 11.5. The summed E-state index contributed by atoms with van der Waals surface area (Å²) in [5, 5.41) is 16.7. The van der Waals surface area contributed by atoms with Crippen molar-refractivity contribution in [1.29, 1.82) is 0 Å². The predicted molar refractivity (Wildman–Crippen MR) is 113 cm³/mol. The molecule has 8 nitrogen and oxygen atoms in total. The molecule has 0 aliphatic rings. The van der Waals surface area contributed by atoms with Crippen LogP contribution in [0.4, 0.5) is 5.69 Å². The fourth-order valence-electron chi connectivity index (χ4n) is 2.64. The monoisotopic (exact) mass is 457 g/mol. The van der Waals surface area contributed by atoms with Crippen LogP contribution < -0.4 is 14.9 Å². The summed E-state index contributed by atoms with van der Waals surface area (Å²) in [6.07, 6.45) is 1.30. The summed E-state index contributed by atoms with van der Waals surface area (Å²) in [6.45, 7) is -0.230. The lowest BCUT2D eigenvalue weighted by Crippen LogP contribution is -2.24. The highest BCUT2D eigenvalue weighted by Crippen LogP contribution is 2.31. The fraction of sp³-hybridized carbons (Fsp3) is 0.100. The van der Waals surface area contributed by atoms with Crippen molar-refractivity contribution in [3.63, 3.8) is 0 Å². The summed E-state index contributed by atoms with van der Waals surface area (Å²) in [7, 11) is 1.35. The first-order valence-corrected chi connectivity index (χ1v) is 9.23. The lowest BCUT2D eigenvalue weighted by atomic mass is 10.1. The van der Waals surface area contributed by atoms with Crippen LogP contribution in [0.2, 0.25) is 0 Å². The first kappa shape index (κ1) is 20.3. The van der Waals surface area contributed by atoms with E-state index in [1.807, 2.05) is 30.3 Å². The average molecular weight is 458 g/mol. The number of nitrogens with one attached hydrogen (secondary N) is 1. The van der Waals surface area contributed by atoms with Crippen molar-refractivity contribution in [2.75, 3.05) is 13.7 Å². The summed E-state index contributed by atoms with van der Waals surface area (Å²) in [5.74, 6) is 0.260. The van der Waals surface area contributed by atoms with Crippen molar-refractivity contribution in [1.82, 2.24) is 5.43 Å². The largest absolute Gasteiger partial charge is 0.490 e. The molecule has 0 aromatic heterocycles. The SMILES string of the molecule is COc1ccc(C=NNC(=O)COc2ccc(Br)c3ccccc23)cc1[N+](=O)[O-]. The Bertz CT molecular complexity index is 1100. The smallest absolute Gasteiger partial charge is 0.311 e. The molecule has 0 spiro atoms. The summed E-state index contributed by atoms with van der Waals surface area (Å²) in [6, 6.07) is 15.6. The molecule has 1 amide bonds. The number of hydrazone groups is 1. The lowest BCUT2D eigenvalue weighted by Gasteiger charge is -2.09. The van der Waals surface area contributed by atoms with Crippen molar-refractivity contribution in [2.24, 2.45) is 5.10 Å². The number of methoxy groups -OCH3 is 1. The second-order valence-electron chi connectivity index (χ2n) is 5.86. The summed E-state index contributed by atoms with van der Waals surface area (Å²) in [4.78, 5) is 22.5. The molecule has 1 N–H and O–H groups in total. The zero-order valence-corrected chi connectivity index (χ0v) is 16.9. The number of hydrogen-bond donors (Lipinski definition) is 1. The molecule has 0 bridgehead atoms. The number of benzene rings is 3. The molecule has 0 fully saturated rings. The second kappa shape index (κ2) is 9.16. The van der Waals surface area contributed by atoms with Crippen LogP contribution in [0.15, 0.2) is 64.2 Å². The number of fused-ring (bicyclic) bond motifs is 1. The number of halogens is 1. The molecule has 0 aliphatic carbocycles. The van der Waals surface area contributed by atoms with Gasteiger partial charge in [0.05, 0.1) is 18.2 Å². The minimum absolute atomic E-state index is 0.145. The maximum atomic E-state index is 12.0. The van der Waals surface area contributed by atoms with Crippen LogP contribution in [0.25, 0.3) is 10.8 Å². The van der Waals surface area contributed by atoms with Crippen LogP contribution in [-0.2, 0) is 4.79 Å². The Labute approximate surface area is 174 Å². The minimum Gasteiger partial charge on any atom is -0.490 e. The van der Waals surface area contributed by atoms with E-state index in [0.717, 1.165) is 15.2 Å². The van der Waals surface area contributed by atoms with Crippen molar-refractivity contribution in [3.05, 3.63) is 74.7 Å². The van der Waals surface area contributed by atoms with E-state index in [9.17, 15) is 14.9 Å². The standard InChI is InChI=1S/C20H16BrN3O5/c1-28-19-8-6-13(10-17(19)24(26)27)11-22-23-20(25)12-29-18-9-7-16(21)14-4-2-3-5-15(14)18/h2-11H,12H2,1H3,(H,23,25). The first-order valence-electron chi connectivity index (χ1n) is 8.44. The third kappa shape index (κ3) is 4.88. The number of nitro groups is 1. The molecule has 3 aromatic rings. The van der Waals surface area contributed by atoms with Crippen molar-refractivity contribution in [2.45, 2.75) is 0 Å². The Morgan fingerprint density at radius 2 is 1.90 bits per heavy atom. The Morgan fingerprint density at radius 1 is 1.17 bits per heavy atom. The molecule has 3 aromatic carbocycles. The first-order chi connectivity index (χ1) is 14.0. The number of nitrogens with zero attached hydrogens (tertiary/aromatic N) is 2. The van der Waals surface area contributed by atoms with Gasteiger partial charge in [0, 0.05) is 21.5 Å². The highest BCUT2D eigenvalue weighted by atomic mass is 79.9. The molecule has 0 radical (unpaired) electrons. The Kier molecular flexibility index (Phi) is 6.40. The molecule has 0 saturated heterocycles. The predicted octanol–water partition coefficient (Wildman–Crippen LogP) is 4.05. The molecular weight excluding hydrogens is 442 g/mol. The molecule has 0 aliphatic heterocycles. The van der Waals surface area contributed by atoms with Gasteiger partial charge in [0.25, 0.3) is 5.91 Å². The summed E-state index contributed by atoms with van der Waals surface area (Å²) >= 11 is 3.49. The number of rotatable bonds is 7. The number of ether oxygens (including phenoxy) is 2. The van der Waals surface area contributed by atoms with Crippen LogP contribution >= 0.6 is 15.9 Å². The van der Waals surface area contributed by atoms with E-state index < -0.39 is 10.8 Å². The fourth-order valence-corrected chi connectivity index (χ4v) is 3.12. The van der Waals surface area contributed by atoms with E-state index in [-0.39, 0.29) is 18.0 Å². The molecule has 0 saturated carbocycles. The van der Waals surface area contributed by atoms with E-state index in [2.05, 4.69) is 26.5 Å². The van der Waals surface area contributed by atoms with Gasteiger partial charge in [0.1, 0.15) is 5.75 Å². The van der Waals surface area contributed by atoms with E-state index in [1.165, 1.54) is 25.5 Å². The number of carbonyl (C=O) groups excluding carboxylic acids is 1. The van der Waals surface area contributed by atoms with Crippen LogP contribution in [0.3, 0.4) is 0 Å². The Hall–Kier alpha value is -3.46. The van der Waals surface area contributed by atoms with Gasteiger partial charge in [-0.1, -0.05) is 40.2 Å². The van der Waals surface area contributed by atoms with Gasteiger partial charge in [-0.25, -0.2) is 5.43 Å². The number of nitro benzene ring substituents is 1. The third-order valence-corrected chi connectivity index (χ3v) is 4.68. The zero-order valence-electron chi connectivity index (χ0n) is 15.3. The molecular formula is C20H16BrN3O5. The molecule has 0 heterocycles. The van der Waals surface area contributed by atoms with E-state index in [4.69, 9.17) is 9.47 Å². The zero-order chi connectivity index (χ0) is 20.8. The van der Waals surface area contributed by atoms with Crippen LogP contribution in [-0.4, -0.2) is 30.8 Å². The van der Waals surface area contributed by atoms with Gasteiger partial charge < -0.3 is 9.47 Å². The third-order valence-electron chi connectivity index (χ3n) is 3.99. The van der Waals surface area contributed by atoms with Crippen LogP contribution in [0.5, 0.6) is 11.5 Å². The number of carbonyl (C=O) groups is 1. The minimum atomic E-state index is -0.550. The maximum Gasteiger partial charge on any atom is 0.311 e. The summed E-state index contributed by atoms with van der Waals surface area (Å²) in [5.41, 5.74) is 2.59. The topological polar surface area (TPSA) is 103 Å². The van der Waals surface area contributed by atoms with Gasteiger partial charge in [-0.2, -0.15) is 5.10 Å². The van der Waals surface area contributed by atoms with Gasteiger partial charge in [0.15, 0.2) is 12.4 Å². The maximum absolute atomic E-state index is 12.0. The normalized spacial score (nSPS) is 10.8. The van der Waals surface area contributed by atoms with E-state index >= 15 is 0 Å². The molecule has 0 unspecified atom stereocenters. The molecule has 29 heavy (non-hydrogen) atoms. The quantitative estimate of drug-likeness (QED) is 0.327. The lowest BCUT2D eigenvalue weighted by molar-refractivity contribution is -0.385.